The van der Waals surface area contributed by atoms with Gasteiger partial charge in [-0.2, -0.15) is 0 Å². The lowest BCUT2D eigenvalue weighted by atomic mass is 9.96. The maximum absolute atomic E-state index is 5.28. The summed E-state index contributed by atoms with van der Waals surface area (Å²) in [4.78, 5) is 15.8. The molecule has 0 fully saturated rings. The average molecular weight is 712 g/mol. The highest BCUT2D eigenvalue weighted by molar-refractivity contribution is 6.13. The molecule has 0 aliphatic rings. The highest BCUT2D eigenvalue weighted by Crippen LogP contribution is 2.37. The number of nitrogens with zero attached hydrogens (tertiary/aromatic N) is 3. The van der Waals surface area contributed by atoms with Crippen LogP contribution in [-0.4, -0.2) is 15.0 Å². The van der Waals surface area contributed by atoms with Gasteiger partial charge in [0.25, 0.3) is 0 Å². The summed E-state index contributed by atoms with van der Waals surface area (Å²) < 4.78 is 0. The van der Waals surface area contributed by atoms with Crippen LogP contribution in [0.25, 0.3) is 110 Å². The topological polar surface area (TPSA) is 38.7 Å². The van der Waals surface area contributed by atoms with Gasteiger partial charge < -0.3 is 0 Å². The fraction of sp³-hybridized carbons (Fsp3) is 0. The van der Waals surface area contributed by atoms with Gasteiger partial charge in [0.05, 0.1) is 0 Å². The number of rotatable bonds is 5. The molecule has 11 rings (SSSR count). The molecular weight excluding hydrogens is 679 g/mol. The number of hydrogen-bond donors (Lipinski definition) is 0. The Hall–Kier alpha value is -7.49. The molecule has 0 radical (unpaired) electrons. The van der Waals surface area contributed by atoms with Gasteiger partial charge in [-0.05, 0) is 94.3 Å². The van der Waals surface area contributed by atoms with Crippen molar-refractivity contribution in [2.75, 3.05) is 0 Å². The molecule has 0 amide bonds. The highest BCUT2D eigenvalue weighted by Gasteiger charge is 2.17. The summed E-state index contributed by atoms with van der Waals surface area (Å²) in [5.74, 6) is 1.93. The first-order chi connectivity index (χ1) is 27.7. The minimum Gasteiger partial charge on any atom is -0.208 e. The van der Waals surface area contributed by atoms with Crippen LogP contribution in [0.5, 0.6) is 0 Å². The minimum atomic E-state index is 0.635. The predicted molar refractivity (Wildman–Crippen MR) is 235 cm³/mol. The van der Waals surface area contributed by atoms with E-state index in [-0.39, 0.29) is 0 Å². The summed E-state index contributed by atoms with van der Waals surface area (Å²) in [6.45, 7) is 0. The minimum absolute atomic E-state index is 0.635. The largest absolute Gasteiger partial charge is 0.208 e. The van der Waals surface area contributed by atoms with E-state index < -0.39 is 0 Å². The maximum atomic E-state index is 5.28. The van der Waals surface area contributed by atoms with Gasteiger partial charge >= 0.3 is 0 Å². The molecule has 0 aliphatic heterocycles. The van der Waals surface area contributed by atoms with Crippen LogP contribution in [0.1, 0.15) is 0 Å². The Kier molecular flexibility index (Phi) is 7.49. The third kappa shape index (κ3) is 5.49. The van der Waals surface area contributed by atoms with Gasteiger partial charge in [0.2, 0.25) is 0 Å². The zero-order chi connectivity index (χ0) is 37.0. The third-order valence-electron chi connectivity index (χ3n) is 11.1. The van der Waals surface area contributed by atoms with E-state index in [1.165, 1.54) is 54.2 Å². The molecule has 11 aromatic rings. The number of aromatic nitrogens is 3. The van der Waals surface area contributed by atoms with Crippen molar-refractivity contribution in [3.8, 4) is 56.4 Å². The van der Waals surface area contributed by atoms with Gasteiger partial charge in [-0.15, -0.1) is 0 Å². The molecule has 1 heterocycles. The van der Waals surface area contributed by atoms with Crippen molar-refractivity contribution in [3.05, 3.63) is 200 Å². The van der Waals surface area contributed by atoms with Gasteiger partial charge in [0, 0.05) is 16.7 Å². The number of fused-ring (bicyclic) bond motifs is 7. The van der Waals surface area contributed by atoms with Crippen molar-refractivity contribution in [1.29, 1.82) is 0 Å². The Morgan fingerprint density at radius 3 is 1.25 bits per heavy atom. The second kappa shape index (κ2) is 13.1. The molecule has 10 aromatic carbocycles. The maximum Gasteiger partial charge on any atom is 0.164 e. The molecule has 0 unspecified atom stereocenters. The summed E-state index contributed by atoms with van der Waals surface area (Å²) >= 11 is 0. The first-order valence-corrected chi connectivity index (χ1v) is 19.0. The van der Waals surface area contributed by atoms with Crippen LogP contribution in [0.15, 0.2) is 200 Å². The van der Waals surface area contributed by atoms with Crippen LogP contribution < -0.4 is 0 Å². The van der Waals surface area contributed by atoms with Crippen LogP contribution in [0.4, 0.5) is 0 Å². The van der Waals surface area contributed by atoms with Crippen molar-refractivity contribution >= 4 is 53.9 Å². The Morgan fingerprint density at radius 2 is 0.643 bits per heavy atom. The number of benzene rings is 10. The van der Waals surface area contributed by atoms with E-state index in [2.05, 4.69) is 200 Å². The quantitative estimate of drug-likeness (QED) is 0.167. The van der Waals surface area contributed by atoms with E-state index >= 15 is 0 Å². The van der Waals surface area contributed by atoms with Crippen molar-refractivity contribution < 1.29 is 0 Å². The molecular formula is C53H33N3. The van der Waals surface area contributed by atoms with Crippen molar-refractivity contribution in [2.24, 2.45) is 0 Å². The van der Waals surface area contributed by atoms with Gasteiger partial charge in [-0.1, -0.05) is 182 Å². The molecule has 260 valence electrons. The molecule has 0 bridgehead atoms. The van der Waals surface area contributed by atoms with Gasteiger partial charge in [-0.3, -0.25) is 0 Å². The summed E-state index contributed by atoms with van der Waals surface area (Å²) in [5, 5.41) is 11.8. The Balaban J connectivity index is 1.08. The first kappa shape index (κ1) is 32.0. The third-order valence-corrected chi connectivity index (χ3v) is 11.1. The molecule has 56 heavy (non-hydrogen) atoms. The van der Waals surface area contributed by atoms with Crippen molar-refractivity contribution in [3.63, 3.8) is 0 Å². The van der Waals surface area contributed by atoms with Crippen LogP contribution >= 0.6 is 0 Å². The van der Waals surface area contributed by atoms with Gasteiger partial charge in [-0.25, -0.2) is 15.0 Å². The molecule has 1 aromatic heterocycles. The lowest BCUT2D eigenvalue weighted by Crippen LogP contribution is -2.01. The van der Waals surface area contributed by atoms with Gasteiger partial charge in [0.1, 0.15) is 0 Å². The van der Waals surface area contributed by atoms with Crippen LogP contribution in [-0.2, 0) is 0 Å². The molecule has 0 N–H and O–H groups in total. The van der Waals surface area contributed by atoms with E-state index in [1.807, 2.05) is 0 Å². The molecule has 0 saturated carbocycles. The lowest BCUT2D eigenvalue weighted by molar-refractivity contribution is 1.08. The summed E-state index contributed by atoms with van der Waals surface area (Å²) in [5.41, 5.74) is 7.57. The Labute approximate surface area is 324 Å². The van der Waals surface area contributed by atoms with Crippen LogP contribution in [0, 0.1) is 0 Å². The SMILES string of the molecule is c1ccc(-c2ccc3cc(-c4cccc(-c5nc(-c6cccc7c6ccc6ccccc67)nc(-c6cccc7c6ccc6ccccc67)n5)c4)ccc3c2)cc1. The van der Waals surface area contributed by atoms with Gasteiger partial charge in [0.15, 0.2) is 17.5 Å². The summed E-state index contributed by atoms with van der Waals surface area (Å²) in [7, 11) is 0. The monoisotopic (exact) mass is 711 g/mol. The van der Waals surface area contributed by atoms with Crippen LogP contribution in [0.3, 0.4) is 0 Å². The van der Waals surface area contributed by atoms with Crippen molar-refractivity contribution in [1.82, 2.24) is 15.0 Å². The fourth-order valence-electron chi connectivity index (χ4n) is 8.29. The average Bonchev–Trinajstić information content (AvgIpc) is 3.28. The zero-order valence-corrected chi connectivity index (χ0v) is 30.4. The first-order valence-electron chi connectivity index (χ1n) is 19.0. The second-order valence-electron chi connectivity index (χ2n) is 14.4. The Bertz CT molecular complexity index is 3180. The fourth-order valence-corrected chi connectivity index (χ4v) is 8.29. The van der Waals surface area contributed by atoms with E-state index in [4.69, 9.17) is 15.0 Å². The highest BCUT2D eigenvalue weighted by atomic mass is 15.0. The normalized spacial score (nSPS) is 11.6. The molecule has 3 heteroatoms. The van der Waals surface area contributed by atoms with E-state index in [9.17, 15) is 0 Å². The van der Waals surface area contributed by atoms with E-state index in [0.29, 0.717) is 17.5 Å². The van der Waals surface area contributed by atoms with E-state index in [1.54, 1.807) is 0 Å². The van der Waals surface area contributed by atoms with Crippen LogP contribution in [0.2, 0.25) is 0 Å². The lowest BCUT2D eigenvalue weighted by Gasteiger charge is -2.13. The smallest absolute Gasteiger partial charge is 0.164 e. The molecule has 3 nitrogen and oxygen atoms in total. The Morgan fingerprint density at radius 1 is 0.214 bits per heavy atom. The summed E-state index contributed by atoms with van der Waals surface area (Å²) in [6, 6.07) is 71.2. The molecule has 0 spiro atoms. The standard InChI is InChI=1S/C53H33N3/c1-2-11-34(12-3-1)38-23-24-41-32-39(25-26-40(41)31-38)37-15-8-16-42(33-37)51-54-52(49-21-9-19-45-43-17-6-4-13-35(43)27-29-47(45)49)56-53(55-51)50-22-10-20-46-44-18-7-5-14-36(44)28-30-48(46)50/h1-33H. The van der Waals surface area contributed by atoms with Crippen molar-refractivity contribution in [2.45, 2.75) is 0 Å². The molecule has 0 aliphatic carbocycles. The zero-order valence-electron chi connectivity index (χ0n) is 30.4. The molecule has 0 atom stereocenters. The van der Waals surface area contributed by atoms with E-state index in [0.717, 1.165) is 38.6 Å². The predicted octanol–water partition coefficient (Wildman–Crippen LogP) is 14.0. The number of hydrogen-bond acceptors (Lipinski definition) is 3. The summed E-state index contributed by atoms with van der Waals surface area (Å²) in [6.07, 6.45) is 0. The molecule has 0 saturated heterocycles. The second-order valence-corrected chi connectivity index (χ2v) is 14.4.